The van der Waals surface area contributed by atoms with Gasteiger partial charge >= 0.3 is 0 Å². The molecule has 0 saturated carbocycles. The summed E-state index contributed by atoms with van der Waals surface area (Å²) < 4.78 is 5.18. The molecule has 0 aliphatic rings. The van der Waals surface area contributed by atoms with Crippen molar-refractivity contribution in [3.05, 3.63) is 52.2 Å². The second-order valence-electron chi connectivity index (χ2n) is 5.31. The van der Waals surface area contributed by atoms with E-state index in [0.717, 1.165) is 16.2 Å². The highest BCUT2D eigenvalue weighted by molar-refractivity contribution is 7.10. The van der Waals surface area contributed by atoms with Crippen LogP contribution in [0.15, 0.2) is 41.8 Å². The molecule has 0 bridgehead atoms. The maximum Gasteiger partial charge on any atom is 0.225 e. The van der Waals surface area contributed by atoms with Crippen LogP contribution < -0.4 is 10.1 Å². The van der Waals surface area contributed by atoms with E-state index in [0.29, 0.717) is 13.0 Å². The molecule has 118 valence electrons. The lowest BCUT2D eigenvalue weighted by Gasteiger charge is -2.25. The number of likely N-dealkylation sites (N-methyl/N-ethyl adjacent to an activating group) is 1. The number of nitrogens with one attached hydrogen (secondary N) is 1. The van der Waals surface area contributed by atoms with E-state index < -0.39 is 0 Å². The lowest BCUT2D eigenvalue weighted by atomic mass is 10.1. The molecule has 22 heavy (non-hydrogen) atoms. The molecule has 2 rings (SSSR count). The van der Waals surface area contributed by atoms with Crippen molar-refractivity contribution in [2.45, 2.75) is 12.5 Å². The second kappa shape index (κ2) is 7.96. The highest BCUT2D eigenvalue weighted by Crippen LogP contribution is 2.20. The second-order valence-corrected chi connectivity index (χ2v) is 6.35. The lowest BCUT2D eigenvalue weighted by Crippen LogP contribution is -2.35. The third kappa shape index (κ3) is 4.58. The average Bonchev–Trinajstić information content (AvgIpc) is 3.00. The summed E-state index contributed by atoms with van der Waals surface area (Å²) in [5.74, 6) is 0.894. The highest BCUT2D eigenvalue weighted by Gasteiger charge is 2.15. The molecule has 2 aromatic rings. The van der Waals surface area contributed by atoms with Crippen molar-refractivity contribution in [3.8, 4) is 5.75 Å². The number of thiophene rings is 1. The van der Waals surface area contributed by atoms with Gasteiger partial charge in [-0.05, 0) is 43.2 Å². The topological polar surface area (TPSA) is 41.6 Å². The van der Waals surface area contributed by atoms with Crippen LogP contribution in [0.2, 0.25) is 0 Å². The Morgan fingerprint density at radius 3 is 2.55 bits per heavy atom. The molecule has 1 N–H and O–H groups in total. The van der Waals surface area contributed by atoms with Crippen LogP contribution in [0.3, 0.4) is 0 Å². The molecule has 1 heterocycles. The first-order chi connectivity index (χ1) is 10.6. The van der Waals surface area contributed by atoms with Gasteiger partial charge in [0, 0.05) is 11.4 Å². The number of benzene rings is 1. The zero-order valence-corrected chi connectivity index (χ0v) is 14.0. The molecule has 1 aromatic heterocycles. The Kier molecular flexibility index (Phi) is 5.98. The Morgan fingerprint density at radius 2 is 2.00 bits per heavy atom. The molecule has 4 nitrogen and oxygen atoms in total. The van der Waals surface area contributed by atoms with Gasteiger partial charge in [0.15, 0.2) is 0 Å². The number of nitrogens with zero attached hydrogens (tertiary/aromatic N) is 1. The largest absolute Gasteiger partial charge is 0.497 e. The summed E-state index contributed by atoms with van der Waals surface area (Å²) in [6.45, 7) is 0.587. The van der Waals surface area contributed by atoms with Crippen LogP contribution in [0.5, 0.6) is 5.75 Å². The fourth-order valence-corrected chi connectivity index (χ4v) is 2.97. The Bertz CT molecular complexity index is 579. The van der Waals surface area contributed by atoms with Crippen LogP contribution in [-0.2, 0) is 11.2 Å². The molecule has 0 spiro atoms. The molecular weight excluding hydrogens is 296 g/mol. The normalized spacial score (nSPS) is 12.2. The molecule has 0 unspecified atom stereocenters. The molecule has 0 saturated heterocycles. The fourth-order valence-electron chi connectivity index (χ4n) is 2.27. The number of amides is 1. The predicted molar refractivity (Wildman–Crippen MR) is 90.5 cm³/mol. The zero-order chi connectivity index (χ0) is 15.9. The number of hydrogen-bond acceptors (Lipinski definition) is 4. The SMILES string of the molecule is COc1ccc([C@@H](CNC(=O)Cc2cccs2)N(C)C)cc1. The first-order valence-electron chi connectivity index (χ1n) is 7.19. The van der Waals surface area contributed by atoms with E-state index in [-0.39, 0.29) is 11.9 Å². The van der Waals surface area contributed by atoms with Crippen LogP contribution in [0.1, 0.15) is 16.5 Å². The summed E-state index contributed by atoms with van der Waals surface area (Å²) in [5, 5.41) is 5.01. The Labute approximate surface area is 135 Å². The van der Waals surface area contributed by atoms with Gasteiger partial charge in [-0.25, -0.2) is 0 Å². The Hall–Kier alpha value is -1.85. The maximum absolute atomic E-state index is 12.0. The van der Waals surface area contributed by atoms with Crippen molar-refractivity contribution in [1.82, 2.24) is 10.2 Å². The molecule has 0 aliphatic carbocycles. The molecule has 0 fully saturated rings. The summed E-state index contributed by atoms with van der Waals surface area (Å²) >= 11 is 1.61. The van der Waals surface area contributed by atoms with Gasteiger partial charge in [0.05, 0.1) is 19.6 Å². The minimum Gasteiger partial charge on any atom is -0.497 e. The highest BCUT2D eigenvalue weighted by atomic mass is 32.1. The fraction of sp³-hybridized carbons (Fsp3) is 0.353. The van der Waals surface area contributed by atoms with Crippen LogP contribution in [0, 0.1) is 0 Å². The van der Waals surface area contributed by atoms with Crippen LogP contribution in [0.25, 0.3) is 0 Å². The summed E-state index contributed by atoms with van der Waals surface area (Å²) in [4.78, 5) is 15.2. The average molecular weight is 318 g/mol. The van der Waals surface area contributed by atoms with Crippen molar-refractivity contribution in [2.24, 2.45) is 0 Å². The number of hydrogen-bond donors (Lipinski definition) is 1. The minimum atomic E-state index is 0.0582. The van der Waals surface area contributed by atoms with E-state index in [4.69, 9.17) is 4.74 Å². The van der Waals surface area contributed by atoms with Gasteiger partial charge in [0.1, 0.15) is 5.75 Å². The third-order valence-electron chi connectivity index (χ3n) is 3.53. The van der Waals surface area contributed by atoms with Crippen molar-refractivity contribution < 1.29 is 9.53 Å². The molecule has 0 radical (unpaired) electrons. The Balaban J connectivity index is 1.95. The smallest absolute Gasteiger partial charge is 0.225 e. The lowest BCUT2D eigenvalue weighted by molar-refractivity contribution is -0.120. The molecule has 5 heteroatoms. The van der Waals surface area contributed by atoms with Crippen LogP contribution >= 0.6 is 11.3 Å². The third-order valence-corrected chi connectivity index (χ3v) is 4.41. The number of ether oxygens (including phenoxy) is 1. The first-order valence-corrected chi connectivity index (χ1v) is 8.07. The van der Waals surface area contributed by atoms with Gasteiger partial charge in [-0.2, -0.15) is 0 Å². The van der Waals surface area contributed by atoms with Crippen molar-refractivity contribution in [2.75, 3.05) is 27.7 Å². The molecule has 0 aliphatic heterocycles. The van der Waals surface area contributed by atoms with Crippen LogP contribution in [-0.4, -0.2) is 38.6 Å². The number of carbonyl (C=O) groups is 1. The minimum absolute atomic E-state index is 0.0582. The zero-order valence-electron chi connectivity index (χ0n) is 13.2. The van der Waals surface area contributed by atoms with Crippen molar-refractivity contribution >= 4 is 17.2 Å². The van der Waals surface area contributed by atoms with E-state index in [1.54, 1.807) is 18.4 Å². The van der Waals surface area contributed by atoms with E-state index in [1.165, 1.54) is 0 Å². The Morgan fingerprint density at radius 1 is 1.27 bits per heavy atom. The molecular formula is C17H22N2O2S. The summed E-state index contributed by atoms with van der Waals surface area (Å²) in [7, 11) is 5.68. The predicted octanol–water partition coefficient (Wildman–Crippen LogP) is 2.72. The number of carbonyl (C=O) groups excluding carboxylic acids is 1. The quantitative estimate of drug-likeness (QED) is 0.853. The van der Waals surface area contributed by atoms with Crippen molar-refractivity contribution in [1.29, 1.82) is 0 Å². The molecule has 1 aromatic carbocycles. The molecule has 1 atom stereocenters. The van der Waals surface area contributed by atoms with Gasteiger partial charge < -0.3 is 15.0 Å². The van der Waals surface area contributed by atoms with E-state index >= 15 is 0 Å². The maximum atomic E-state index is 12.0. The van der Waals surface area contributed by atoms with Gasteiger partial charge in [-0.1, -0.05) is 18.2 Å². The number of rotatable bonds is 7. The first kappa shape index (κ1) is 16.5. The monoisotopic (exact) mass is 318 g/mol. The van der Waals surface area contributed by atoms with Gasteiger partial charge in [0.25, 0.3) is 0 Å². The van der Waals surface area contributed by atoms with E-state index in [1.807, 2.05) is 55.9 Å². The van der Waals surface area contributed by atoms with Crippen LogP contribution in [0.4, 0.5) is 0 Å². The number of methoxy groups -OCH3 is 1. The van der Waals surface area contributed by atoms with Gasteiger partial charge in [0.2, 0.25) is 5.91 Å². The van der Waals surface area contributed by atoms with Gasteiger partial charge in [-0.15, -0.1) is 11.3 Å². The van der Waals surface area contributed by atoms with Crippen molar-refractivity contribution in [3.63, 3.8) is 0 Å². The van der Waals surface area contributed by atoms with E-state index in [2.05, 4.69) is 10.2 Å². The molecule has 1 amide bonds. The summed E-state index contributed by atoms with van der Waals surface area (Å²) in [6, 6.07) is 12.0. The summed E-state index contributed by atoms with van der Waals surface area (Å²) in [6.07, 6.45) is 0.445. The summed E-state index contributed by atoms with van der Waals surface area (Å²) in [5.41, 5.74) is 1.15. The standard InChI is InChI=1S/C17H22N2O2S/c1-19(2)16(13-6-8-14(21-3)9-7-13)12-18-17(20)11-15-5-4-10-22-15/h4-10,16H,11-12H2,1-3H3,(H,18,20)/t16-/m1/s1. The van der Waals surface area contributed by atoms with E-state index in [9.17, 15) is 4.79 Å². The van der Waals surface area contributed by atoms with Gasteiger partial charge in [-0.3, -0.25) is 4.79 Å².